The van der Waals surface area contributed by atoms with Crippen molar-refractivity contribution >= 4 is 0 Å². The van der Waals surface area contributed by atoms with Crippen LogP contribution in [0.4, 0.5) is 0 Å². The number of hydrogen-bond acceptors (Lipinski definition) is 1. The van der Waals surface area contributed by atoms with Gasteiger partial charge in [0.1, 0.15) is 0 Å². The number of fused-ring (bicyclic) bond motifs is 1. The van der Waals surface area contributed by atoms with Gasteiger partial charge in [0, 0.05) is 6.04 Å². The summed E-state index contributed by atoms with van der Waals surface area (Å²) in [6.45, 7) is 2.26. The molecule has 0 aliphatic heterocycles. The zero-order valence-electron chi connectivity index (χ0n) is 8.16. The Kier molecular flexibility index (Phi) is 2.36. The largest absolute Gasteiger partial charge is 0.324 e. The zero-order valence-corrected chi connectivity index (χ0v) is 8.16. The molecule has 13 heavy (non-hydrogen) atoms. The Morgan fingerprint density at radius 2 is 2.08 bits per heavy atom. The SMILES string of the molecule is C[C@@H]1CCCc2ccccc2[C@H]1N. The van der Waals surface area contributed by atoms with Crippen LogP contribution >= 0.6 is 0 Å². The summed E-state index contributed by atoms with van der Waals surface area (Å²) in [6.07, 6.45) is 3.75. The van der Waals surface area contributed by atoms with Gasteiger partial charge in [-0.25, -0.2) is 0 Å². The van der Waals surface area contributed by atoms with Crippen LogP contribution < -0.4 is 5.73 Å². The molecule has 0 radical (unpaired) electrons. The van der Waals surface area contributed by atoms with E-state index in [1.807, 2.05) is 0 Å². The fourth-order valence-electron chi connectivity index (χ4n) is 2.19. The molecule has 1 aromatic rings. The highest BCUT2D eigenvalue weighted by molar-refractivity contribution is 5.31. The highest BCUT2D eigenvalue weighted by Gasteiger charge is 2.20. The van der Waals surface area contributed by atoms with E-state index in [1.54, 1.807) is 0 Å². The van der Waals surface area contributed by atoms with Crippen molar-refractivity contribution in [1.29, 1.82) is 0 Å². The summed E-state index contributed by atoms with van der Waals surface area (Å²) in [4.78, 5) is 0. The van der Waals surface area contributed by atoms with Crippen molar-refractivity contribution in [2.24, 2.45) is 11.7 Å². The molecule has 1 heteroatoms. The lowest BCUT2D eigenvalue weighted by Gasteiger charge is -2.18. The molecule has 0 bridgehead atoms. The minimum Gasteiger partial charge on any atom is -0.324 e. The molecule has 1 aromatic carbocycles. The van der Waals surface area contributed by atoms with Crippen LogP contribution in [0, 0.1) is 5.92 Å². The Morgan fingerprint density at radius 1 is 1.31 bits per heavy atom. The first-order chi connectivity index (χ1) is 6.29. The van der Waals surface area contributed by atoms with Crippen LogP contribution in [0.2, 0.25) is 0 Å². The second-order valence-corrected chi connectivity index (χ2v) is 4.09. The molecule has 2 atom stereocenters. The van der Waals surface area contributed by atoms with E-state index in [2.05, 4.69) is 31.2 Å². The molecule has 0 heterocycles. The third-order valence-electron chi connectivity index (χ3n) is 3.13. The van der Waals surface area contributed by atoms with Gasteiger partial charge in [0.25, 0.3) is 0 Å². The summed E-state index contributed by atoms with van der Waals surface area (Å²) in [5, 5.41) is 0. The van der Waals surface area contributed by atoms with Gasteiger partial charge in [-0.1, -0.05) is 31.2 Å². The van der Waals surface area contributed by atoms with Crippen molar-refractivity contribution in [3.63, 3.8) is 0 Å². The predicted molar refractivity (Wildman–Crippen MR) is 55.5 cm³/mol. The molecule has 0 spiro atoms. The smallest absolute Gasteiger partial charge is 0.0323 e. The van der Waals surface area contributed by atoms with Gasteiger partial charge in [-0.2, -0.15) is 0 Å². The van der Waals surface area contributed by atoms with Crippen LogP contribution in [0.3, 0.4) is 0 Å². The fourth-order valence-corrected chi connectivity index (χ4v) is 2.19. The lowest BCUT2D eigenvalue weighted by Crippen LogP contribution is -2.18. The maximum atomic E-state index is 6.19. The van der Waals surface area contributed by atoms with E-state index in [9.17, 15) is 0 Å². The van der Waals surface area contributed by atoms with E-state index < -0.39 is 0 Å². The number of nitrogens with two attached hydrogens (primary N) is 1. The minimum absolute atomic E-state index is 0.249. The Balaban J connectivity index is 2.40. The van der Waals surface area contributed by atoms with E-state index in [-0.39, 0.29) is 6.04 Å². The number of benzene rings is 1. The standard InChI is InChI=1S/C12H17N/c1-9-5-4-7-10-6-2-3-8-11(10)12(9)13/h2-3,6,8-9,12H,4-5,7,13H2,1H3/t9-,12+/m1/s1. The topological polar surface area (TPSA) is 26.0 Å². The molecule has 0 aromatic heterocycles. The van der Waals surface area contributed by atoms with Crippen molar-refractivity contribution in [2.45, 2.75) is 32.2 Å². The van der Waals surface area contributed by atoms with E-state index in [0.717, 1.165) is 0 Å². The first-order valence-corrected chi connectivity index (χ1v) is 5.12. The maximum Gasteiger partial charge on any atom is 0.0323 e. The summed E-state index contributed by atoms with van der Waals surface area (Å²) in [7, 11) is 0. The highest BCUT2D eigenvalue weighted by atomic mass is 14.7. The van der Waals surface area contributed by atoms with Crippen molar-refractivity contribution in [3.8, 4) is 0 Å². The number of rotatable bonds is 0. The normalized spacial score (nSPS) is 27.8. The summed E-state index contributed by atoms with van der Waals surface area (Å²) in [6, 6.07) is 8.85. The predicted octanol–water partition coefficient (Wildman–Crippen LogP) is 2.66. The van der Waals surface area contributed by atoms with E-state index in [1.165, 1.54) is 30.4 Å². The van der Waals surface area contributed by atoms with Gasteiger partial charge in [0.2, 0.25) is 0 Å². The van der Waals surface area contributed by atoms with Gasteiger partial charge < -0.3 is 5.73 Å². The molecular formula is C12H17N. The van der Waals surface area contributed by atoms with E-state index >= 15 is 0 Å². The molecule has 1 aliphatic carbocycles. The quantitative estimate of drug-likeness (QED) is 0.603. The van der Waals surface area contributed by atoms with Crippen molar-refractivity contribution in [3.05, 3.63) is 35.4 Å². The van der Waals surface area contributed by atoms with Crippen LogP contribution in [0.5, 0.6) is 0 Å². The van der Waals surface area contributed by atoms with Gasteiger partial charge in [-0.05, 0) is 36.3 Å². The summed E-state index contributed by atoms with van der Waals surface area (Å²) in [5.41, 5.74) is 9.02. The van der Waals surface area contributed by atoms with E-state index in [0.29, 0.717) is 5.92 Å². The van der Waals surface area contributed by atoms with Crippen LogP contribution in [0.25, 0.3) is 0 Å². The van der Waals surface area contributed by atoms with Crippen molar-refractivity contribution in [2.75, 3.05) is 0 Å². The van der Waals surface area contributed by atoms with Crippen molar-refractivity contribution < 1.29 is 0 Å². The van der Waals surface area contributed by atoms with Crippen LogP contribution in [0.15, 0.2) is 24.3 Å². The molecule has 0 amide bonds. The first kappa shape index (κ1) is 8.76. The molecule has 2 N–H and O–H groups in total. The second kappa shape index (κ2) is 3.51. The summed E-state index contributed by atoms with van der Waals surface area (Å²) >= 11 is 0. The van der Waals surface area contributed by atoms with Gasteiger partial charge in [0.05, 0.1) is 0 Å². The summed E-state index contributed by atoms with van der Waals surface area (Å²) < 4.78 is 0. The van der Waals surface area contributed by atoms with Crippen LogP contribution in [0.1, 0.15) is 36.9 Å². The Bertz CT molecular complexity index is 293. The summed E-state index contributed by atoms with van der Waals surface area (Å²) in [5.74, 6) is 0.628. The molecular weight excluding hydrogens is 158 g/mol. The van der Waals surface area contributed by atoms with Gasteiger partial charge >= 0.3 is 0 Å². The maximum absolute atomic E-state index is 6.19. The first-order valence-electron chi connectivity index (χ1n) is 5.12. The lowest BCUT2D eigenvalue weighted by molar-refractivity contribution is 0.441. The highest BCUT2D eigenvalue weighted by Crippen LogP contribution is 2.30. The Morgan fingerprint density at radius 3 is 2.92 bits per heavy atom. The molecule has 0 saturated heterocycles. The van der Waals surface area contributed by atoms with Gasteiger partial charge in [-0.15, -0.1) is 0 Å². The molecule has 1 nitrogen and oxygen atoms in total. The average molecular weight is 175 g/mol. The third-order valence-corrected chi connectivity index (χ3v) is 3.13. The van der Waals surface area contributed by atoms with Crippen LogP contribution in [-0.2, 0) is 6.42 Å². The second-order valence-electron chi connectivity index (χ2n) is 4.09. The fraction of sp³-hybridized carbons (Fsp3) is 0.500. The monoisotopic (exact) mass is 175 g/mol. The minimum atomic E-state index is 0.249. The van der Waals surface area contributed by atoms with Gasteiger partial charge in [0.15, 0.2) is 0 Å². The van der Waals surface area contributed by atoms with Crippen LogP contribution in [-0.4, -0.2) is 0 Å². The van der Waals surface area contributed by atoms with E-state index in [4.69, 9.17) is 5.73 Å². The molecule has 0 saturated carbocycles. The Labute approximate surface area is 80.0 Å². The molecule has 2 rings (SSSR count). The molecule has 1 aliphatic rings. The Hall–Kier alpha value is -0.820. The number of aryl methyl sites for hydroxylation is 1. The zero-order chi connectivity index (χ0) is 9.26. The number of hydrogen-bond donors (Lipinski definition) is 1. The third kappa shape index (κ3) is 1.61. The molecule has 70 valence electrons. The van der Waals surface area contributed by atoms with Crippen molar-refractivity contribution in [1.82, 2.24) is 0 Å². The lowest BCUT2D eigenvalue weighted by atomic mass is 9.93. The average Bonchev–Trinajstić information content (AvgIpc) is 2.29. The molecule has 0 unspecified atom stereocenters. The molecule has 0 fully saturated rings. The van der Waals surface area contributed by atoms with Gasteiger partial charge in [-0.3, -0.25) is 0 Å².